The minimum Gasteiger partial charge on any atom is -0.381 e. The van der Waals surface area contributed by atoms with Gasteiger partial charge in [0.2, 0.25) is 0 Å². The zero-order valence-corrected chi connectivity index (χ0v) is 11.4. The Bertz CT molecular complexity index is 623. The van der Waals surface area contributed by atoms with Gasteiger partial charge in [-0.1, -0.05) is 18.2 Å². The third kappa shape index (κ3) is 3.68. The molecule has 0 unspecified atom stereocenters. The standard InChI is InChI=1S/C16H17N3O/c1-3-8-17-13-7-9-18-15(11-13)16(20)19-14-6-4-5-12(2)10-14/h3-7,9-11H,1,8H2,2H3,(H,17,18)(H,19,20). The van der Waals surface area contributed by atoms with E-state index >= 15 is 0 Å². The number of carbonyl (C=O) groups is 1. The first kappa shape index (κ1) is 13.8. The summed E-state index contributed by atoms with van der Waals surface area (Å²) in [5, 5.41) is 5.96. The van der Waals surface area contributed by atoms with Crippen molar-refractivity contribution in [2.45, 2.75) is 6.92 Å². The Hall–Kier alpha value is -2.62. The van der Waals surface area contributed by atoms with Crippen LogP contribution in [0.5, 0.6) is 0 Å². The average Bonchev–Trinajstić information content (AvgIpc) is 2.45. The molecular weight excluding hydrogens is 250 g/mol. The second-order valence-electron chi connectivity index (χ2n) is 4.42. The summed E-state index contributed by atoms with van der Waals surface area (Å²) in [6, 6.07) is 11.2. The maximum absolute atomic E-state index is 12.1. The van der Waals surface area contributed by atoms with Crippen LogP contribution in [0.4, 0.5) is 11.4 Å². The fourth-order valence-corrected chi connectivity index (χ4v) is 1.77. The van der Waals surface area contributed by atoms with Crippen molar-refractivity contribution in [1.82, 2.24) is 4.98 Å². The number of carbonyl (C=O) groups excluding carboxylic acids is 1. The molecule has 1 aromatic carbocycles. The number of aryl methyl sites for hydroxylation is 1. The number of benzene rings is 1. The predicted molar refractivity (Wildman–Crippen MR) is 82.1 cm³/mol. The van der Waals surface area contributed by atoms with E-state index in [1.54, 1.807) is 18.3 Å². The molecule has 0 aliphatic carbocycles. The van der Waals surface area contributed by atoms with Crippen LogP contribution in [-0.4, -0.2) is 17.4 Å². The molecule has 2 rings (SSSR count). The number of hydrogen-bond acceptors (Lipinski definition) is 3. The van der Waals surface area contributed by atoms with Crippen LogP contribution in [0, 0.1) is 6.92 Å². The Morgan fingerprint density at radius 1 is 1.30 bits per heavy atom. The maximum atomic E-state index is 12.1. The minimum atomic E-state index is -0.224. The van der Waals surface area contributed by atoms with Crippen LogP contribution < -0.4 is 10.6 Å². The first-order valence-electron chi connectivity index (χ1n) is 6.38. The van der Waals surface area contributed by atoms with Crippen LogP contribution in [-0.2, 0) is 0 Å². The summed E-state index contributed by atoms with van der Waals surface area (Å²) in [5.41, 5.74) is 3.08. The molecule has 0 radical (unpaired) electrons. The highest BCUT2D eigenvalue weighted by Gasteiger charge is 2.08. The largest absolute Gasteiger partial charge is 0.381 e. The fraction of sp³-hybridized carbons (Fsp3) is 0.125. The summed E-state index contributed by atoms with van der Waals surface area (Å²) < 4.78 is 0. The number of rotatable bonds is 5. The van der Waals surface area contributed by atoms with Crippen LogP contribution in [0.1, 0.15) is 16.1 Å². The summed E-state index contributed by atoms with van der Waals surface area (Å²) >= 11 is 0. The monoisotopic (exact) mass is 267 g/mol. The van der Waals surface area contributed by atoms with Gasteiger partial charge in [-0.25, -0.2) is 0 Å². The molecule has 4 nitrogen and oxygen atoms in total. The molecule has 0 aliphatic rings. The van der Waals surface area contributed by atoms with Crippen molar-refractivity contribution in [1.29, 1.82) is 0 Å². The van der Waals surface area contributed by atoms with E-state index in [9.17, 15) is 4.79 Å². The topological polar surface area (TPSA) is 54.0 Å². The number of nitrogens with zero attached hydrogens (tertiary/aromatic N) is 1. The smallest absolute Gasteiger partial charge is 0.274 e. The number of nitrogens with one attached hydrogen (secondary N) is 2. The number of hydrogen-bond donors (Lipinski definition) is 2. The van der Waals surface area contributed by atoms with E-state index in [1.165, 1.54) is 0 Å². The third-order valence-corrected chi connectivity index (χ3v) is 2.72. The van der Waals surface area contributed by atoms with Gasteiger partial charge in [-0.05, 0) is 36.8 Å². The van der Waals surface area contributed by atoms with Crippen molar-refractivity contribution < 1.29 is 4.79 Å². The van der Waals surface area contributed by atoms with Crippen molar-refractivity contribution in [3.8, 4) is 0 Å². The van der Waals surface area contributed by atoms with Gasteiger partial charge >= 0.3 is 0 Å². The minimum absolute atomic E-state index is 0.224. The van der Waals surface area contributed by atoms with Gasteiger partial charge in [0, 0.05) is 24.1 Å². The number of pyridine rings is 1. The van der Waals surface area contributed by atoms with Gasteiger partial charge in [0.15, 0.2) is 0 Å². The Labute approximate surface area is 118 Å². The molecule has 0 fully saturated rings. The van der Waals surface area contributed by atoms with Crippen LogP contribution in [0.3, 0.4) is 0 Å². The van der Waals surface area contributed by atoms with E-state index < -0.39 is 0 Å². The zero-order chi connectivity index (χ0) is 14.4. The van der Waals surface area contributed by atoms with Gasteiger partial charge < -0.3 is 10.6 Å². The molecule has 1 aromatic heterocycles. The molecule has 1 amide bonds. The highest BCUT2D eigenvalue weighted by molar-refractivity contribution is 6.03. The molecule has 0 bridgehead atoms. The van der Waals surface area contributed by atoms with Crippen molar-refractivity contribution in [2.75, 3.05) is 17.2 Å². The van der Waals surface area contributed by atoms with E-state index in [0.717, 1.165) is 16.9 Å². The van der Waals surface area contributed by atoms with Crippen molar-refractivity contribution >= 4 is 17.3 Å². The SMILES string of the molecule is C=CCNc1ccnc(C(=O)Nc2cccc(C)c2)c1. The highest BCUT2D eigenvalue weighted by Crippen LogP contribution is 2.13. The van der Waals surface area contributed by atoms with Crippen molar-refractivity contribution in [3.05, 3.63) is 66.5 Å². The van der Waals surface area contributed by atoms with Crippen LogP contribution in [0.15, 0.2) is 55.3 Å². The Morgan fingerprint density at radius 3 is 2.90 bits per heavy atom. The second kappa shape index (κ2) is 6.52. The maximum Gasteiger partial charge on any atom is 0.274 e. The van der Waals surface area contributed by atoms with Crippen molar-refractivity contribution in [3.63, 3.8) is 0 Å². The van der Waals surface area contributed by atoms with E-state index in [4.69, 9.17) is 0 Å². The molecule has 2 N–H and O–H groups in total. The van der Waals surface area contributed by atoms with E-state index in [-0.39, 0.29) is 5.91 Å². The normalized spacial score (nSPS) is 9.85. The van der Waals surface area contributed by atoms with Gasteiger partial charge in [-0.15, -0.1) is 6.58 Å². The molecule has 20 heavy (non-hydrogen) atoms. The lowest BCUT2D eigenvalue weighted by Gasteiger charge is -2.07. The zero-order valence-electron chi connectivity index (χ0n) is 11.4. The average molecular weight is 267 g/mol. The number of aromatic nitrogens is 1. The van der Waals surface area contributed by atoms with Crippen molar-refractivity contribution in [2.24, 2.45) is 0 Å². The van der Waals surface area contributed by atoms with Gasteiger partial charge in [0.25, 0.3) is 5.91 Å². The second-order valence-corrected chi connectivity index (χ2v) is 4.42. The fourth-order valence-electron chi connectivity index (χ4n) is 1.77. The van der Waals surface area contributed by atoms with Crippen LogP contribution in [0.2, 0.25) is 0 Å². The molecule has 4 heteroatoms. The molecule has 2 aromatic rings. The lowest BCUT2D eigenvalue weighted by molar-refractivity contribution is 0.102. The summed E-state index contributed by atoms with van der Waals surface area (Å²) in [6.07, 6.45) is 3.36. The molecule has 1 heterocycles. The summed E-state index contributed by atoms with van der Waals surface area (Å²) in [5.74, 6) is -0.224. The van der Waals surface area contributed by atoms with E-state index in [1.807, 2.05) is 37.3 Å². The molecular formula is C16H17N3O. The highest BCUT2D eigenvalue weighted by atomic mass is 16.1. The van der Waals surface area contributed by atoms with Gasteiger partial charge in [0.05, 0.1) is 0 Å². The quantitative estimate of drug-likeness (QED) is 0.818. The predicted octanol–water partition coefficient (Wildman–Crippen LogP) is 3.24. The van der Waals surface area contributed by atoms with Gasteiger partial charge in [-0.2, -0.15) is 0 Å². The lowest BCUT2D eigenvalue weighted by Crippen LogP contribution is -2.14. The first-order valence-corrected chi connectivity index (χ1v) is 6.38. The molecule has 102 valence electrons. The third-order valence-electron chi connectivity index (χ3n) is 2.72. The summed E-state index contributed by atoms with van der Waals surface area (Å²) in [6.45, 7) is 6.26. The van der Waals surface area contributed by atoms with E-state index in [0.29, 0.717) is 12.2 Å². The Morgan fingerprint density at radius 2 is 2.15 bits per heavy atom. The van der Waals surface area contributed by atoms with Crippen LogP contribution >= 0.6 is 0 Å². The molecule has 0 saturated carbocycles. The number of amides is 1. The van der Waals surface area contributed by atoms with Crippen LogP contribution in [0.25, 0.3) is 0 Å². The molecule has 0 saturated heterocycles. The van der Waals surface area contributed by atoms with Gasteiger partial charge in [0.1, 0.15) is 5.69 Å². The summed E-state index contributed by atoms with van der Waals surface area (Å²) in [4.78, 5) is 16.2. The van der Waals surface area contributed by atoms with Gasteiger partial charge in [-0.3, -0.25) is 9.78 Å². The lowest BCUT2D eigenvalue weighted by atomic mass is 10.2. The number of anilines is 2. The summed E-state index contributed by atoms with van der Waals surface area (Å²) in [7, 11) is 0. The Kier molecular flexibility index (Phi) is 4.50. The van der Waals surface area contributed by atoms with E-state index in [2.05, 4.69) is 22.2 Å². The molecule has 0 spiro atoms. The molecule has 0 aliphatic heterocycles. The first-order chi connectivity index (χ1) is 9.69. The Balaban J connectivity index is 2.10. The molecule has 0 atom stereocenters.